The molecule has 3 heterocycles. The Bertz CT molecular complexity index is 1080. The van der Waals surface area contributed by atoms with Crippen molar-refractivity contribution >= 4 is 16.9 Å². The highest BCUT2D eigenvalue weighted by Crippen LogP contribution is 2.43. The van der Waals surface area contributed by atoms with Crippen molar-refractivity contribution in [2.45, 2.75) is 12.8 Å². The van der Waals surface area contributed by atoms with Gasteiger partial charge in [0.1, 0.15) is 17.1 Å². The van der Waals surface area contributed by atoms with Crippen LogP contribution in [0, 0.1) is 0 Å². The number of carbonyl (C=O) groups is 1. The van der Waals surface area contributed by atoms with Crippen LogP contribution in [-0.4, -0.2) is 17.6 Å². The number of benzene rings is 1. The summed E-state index contributed by atoms with van der Waals surface area (Å²) in [5.74, 6) is -0.850. The summed E-state index contributed by atoms with van der Waals surface area (Å²) < 4.78 is 16.3. The van der Waals surface area contributed by atoms with Crippen molar-refractivity contribution in [3.8, 4) is 5.75 Å². The maximum absolute atomic E-state index is 12.8. The van der Waals surface area contributed by atoms with Crippen molar-refractivity contribution in [1.82, 2.24) is 4.98 Å². The van der Waals surface area contributed by atoms with Gasteiger partial charge in [-0.05, 0) is 31.2 Å². The van der Waals surface area contributed by atoms with Crippen molar-refractivity contribution in [1.29, 1.82) is 0 Å². The van der Waals surface area contributed by atoms with E-state index >= 15 is 0 Å². The number of fused-ring (bicyclic) bond motifs is 3. The lowest BCUT2D eigenvalue weighted by Gasteiger charge is -2.27. The van der Waals surface area contributed by atoms with E-state index in [4.69, 9.17) is 19.6 Å². The molecule has 0 fully saturated rings. The summed E-state index contributed by atoms with van der Waals surface area (Å²) in [6.07, 6.45) is 1.47. The van der Waals surface area contributed by atoms with Crippen LogP contribution >= 0.6 is 0 Å². The Kier molecular flexibility index (Phi) is 3.76. The van der Waals surface area contributed by atoms with Crippen LogP contribution in [0.1, 0.15) is 24.2 Å². The van der Waals surface area contributed by atoms with E-state index in [-0.39, 0.29) is 29.2 Å². The number of nitrogens with two attached hydrogens (primary N) is 1. The summed E-state index contributed by atoms with van der Waals surface area (Å²) in [6, 6.07) is 10.6. The first-order chi connectivity index (χ1) is 12.6. The van der Waals surface area contributed by atoms with E-state index in [0.717, 1.165) is 0 Å². The zero-order chi connectivity index (χ0) is 18.3. The molecule has 1 aromatic carbocycles. The fourth-order valence-electron chi connectivity index (χ4n) is 3.22. The first-order valence-electron chi connectivity index (χ1n) is 8.14. The second-order valence-corrected chi connectivity index (χ2v) is 5.79. The summed E-state index contributed by atoms with van der Waals surface area (Å²) in [6.45, 7) is 1.86. The molecule has 26 heavy (non-hydrogen) atoms. The van der Waals surface area contributed by atoms with Crippen LogP contribution in [0.25, 0.3) is 10.9 Å². The quantitative estimate of drug-likeness (QED) is 0.701. The first-order valence-corrected chi connectivity index (χ1v) is 8.14. The highest BCUT2D eigenvalue weighted by atomic mass is 16.5. The number of esters is 1. The number of nitrogens with one attached hydrogen (secondary N) is 1. The highest BCUT2D eigenvalue weighted by Gasteiger charge is 2.39. The van der Waals surface area contributed by atoms with E-state index in [1.165, 1.54) is 6.26 Å². The predicted molar refractivity (Wildman–Crippen MR) is 93.6 cm³/mol. The summed E-state index contributed by atoms with van der Waals surface area (Å²) in [5, 5.41) is 0.685. The molecule has 4 rings (SSSR count). The second-order valence-electron chi connectivity index (χ2n) is 5.79. The van der Waals surface area contributed by atoms with Gasteiger partial charge in [-0.2, -0.15) is 0 Å². The molecule has 0 saturated heterocycles. The smallest absolute Gasteiger partial charge is 0.340 e. The zero-order valence-electron chi connectivity index (χ0n) is 13.9. The summed E-state index contributed by atoms with van der Waals surface area (Å²) >= 11 is 0. The molecule has 7 nitrogen and oxygen atoms in total. The Balaban J connectivity index is 2.03. The van der Waals surface area contributed by atoms with Crippen molar-refractivity contribution in [2.75, 3.05) is 6.61 Å². The Hall–Kier alpha value is -3.48. The van der Waals surface area contributed by atoms with Crippen LogP contribution in [0.3, 0.4) is 0 Å². The number of carbonyl (C=O) groups excluding carboxylic acids is 1. The fraction of sp³-hybridized carbons (Fsp3) is 0.158. The Labute approximate surface area is 148 Å². The molecule has 132 valence electrons. The van der Waals surface area contributed by atoms with Crippen LogP contribution < -0.4 is 16.0 Å². The molecule has 7 heteroatoms. The lowest BCUT2D eigenvalue weighted by molar-refractivity contribution is -0.139. The van der Waals surface area contributed by atoms with E-state index in [2.05, 4.69) is 4.98 Å². The van der Waals surface area contributed by atoms with Crippen molar-refractivity contribution < 1.29 is 18.7 Å². The summed E-state index contributed by atoms with van der Waals surface area (Å²) in [4.78, 5) is 28.2. The molecule has 0 spiro atoms. The van der Waals surface area contributed by atoms with Gasteiger partial charge in [-0.15, -0.1) is 0 Å². The van der Waals surface area contributed by atoms with Crippen LogP contribution in [0.5, 0.6) is 5.75 Å². The fourth-order valence-corrected chi connectivity index (χ4v) is 3.22. The lowest BCUT2D eigenvalue weighted by Crippen LogP contribution is -2.31. The van der Waals surface area contributed by atoms with Crippen LogP contribution in [0.4, 0.5) is 0 Å². The maximum atomic E-state index is 12.8. The van der Waals surface area contributed by atoms with Gasteiger partial charge in [-0.1, -0.05) is 12.1 Å². The monoisotopic (exact) mass is 352 g/mol. The van der Waals surface area contributed by atoms with E-state index in [0.29, 0.717) is 22.4 Å². The SMILES string of the molecule is CCOC(=O)C1=C(N)Oc2c(c(=O)[nH]c3ccccc23)[C@@H]1c1ccco1. The number of ether oxygens (including phenoxy) is 2. The molecule has 0 bridgehead atoms. The summed E-state index contributed by atoms with van der Waals surface area (Å²) in [7, 11) is 0. The summed E-state index contributed by atoms with van der Waals surface area (Å²) in [5.41, 5.74) is 6.61. The van der Waals surface area contributed by atoms with Gasteiger partial charge in [-0.3, -0.25) is 4.79 Å². The van der Waals surface area contributed by atoms with Crippen molar-refractivity contribution in [2.24, 2.45) is 5.73 Å². The minimum absolute atomic E-state index is 0.0510. The van der Waals surface area contributed by atoms with Crippen LogP contribution in [0.15, 0.2) is 63.3 Å². The van der Waals surface area contributed by atoms with Crippen molar-refractivity contribution in [3.05, 3.63) is 75.8 Å². The third kappa shape index (κ3) is 2.36. The Morgan fingerprint density at radius 3 is 2.81 bits per heavy atom. The van der Waals surface area contributed by atoms with Gasteiger partial charge in [0.25, 0.3) is 5.56 Å². The molecule has 0 saturated carbocycles. The number of furan rings is 1. The van der Waals surface area contributed by atoms with Gasteiger partial charge in [0.05, 0.1) is 29.9 Å². The van der Waals surface area contributed by atoms with Gasteiger partial charge in [0, 0.05) is 5.39 Å². The topological polar surface area (TPSA) is 108 Å². The lowest BCUT2D eigenvalue weighted by atomic mass is 9.86. The number of aromatic amines is 1. The number of H-pyrrole nitrogens is 1. The molecule has 3 N–H and O–H groups in total. The number of hydrogen-bond donors (Lipinski definition) is 2. The number of rotatable bonds is 3. The molecule has 1 atom stereocenters. The van der Waals surface area contributed by atoms with Gasteiger partial charge >= 0.3 is 5.97 Å². The average molecular weight is 352 g/mol. The molecular weight excluding hydrogens is 336 g/mol. The highest BCUT2D eigenvalue weighted by molar-refractivity contribution is 5.94. The molecular formula is C19H16N2O5. The molecule has 1 aliphatic rings. The number of aromatic nitrogens is 1. The van der Waals surface area contributed by atoms with Gasteiger partial charge in [0.2, 0.25) is 5.88 Å². The third-order valence-corrected chi connectivity index (χ3v) is 4.29. The first kappa shape index (κ1) is 16.0. The molecule has 1 aliphatic heterocycles. The van der Waals surface area contributed by atoms with Crippen molar-refractivity contribution in [3.63, 3.8) is 0 Å². The van der Waals surface area contributed by atoms with Gasteiger partial charge in [0.15, 0.2) is 0 Å². The number of para-hydroxylation sites is 1. The van der Waals surface area contributed by atoms with E-state index < -0.39 is 11.9 Å². The van der Waals surface area contributed by atoms with E-state index in [1.807, 2.05) is 12.1 Å². The maximum Gasteiger partial charge on any atom is 0.340 e. The minimum Gasteiger partial charge on any atom is -0.468 e. The van der Waals surface area contributed by atoms with Gasteiger partial charge < -0.3 is 24.6 Å². The molecule has 0 amide bonds. The Morgan fingerprint density at radius 2 is 2.08 bits per heavy atom. The van der Waals surface area contributed by atoms with Gasteiger partial charge in [-0.25, -0.2) is 4.79 Å². The molecule has 0 radical (unpaired) electrons. The van der Waals surface area contributed by atoms with E-state index in [9.17, 15) is 9.59 Å². The third-order valence-electron chi connectivity index (χ3n) is 4.29. The van der Waals surface area contributed by atoms with Crippen LogP contribution in [-0.2, 0) is 9.53 Å². The molecule has 0 unspecified atom stereocenters. The minimum atomic E-state index is -0.818. The Morgan fingerprint density at radius 1 is 1.27 bits per heavy atom. The molecule has 3 aromatic rings. The molecule has 2 aromatic heterocycles. The number of pyridine rings is 1. The molecule has 0 aliphatic carbocycles. The average Bonchev–Trinajstić information content (AvgIpc) is 3.15. The zero-order valence-corrected chi connectivity index (χ0v) is 13.9. The van der Waals surface area contributed by atoms with Crippen LogP contribution in [0.2, 0.25) is 0 Å². The second kappa shape index (κ2) is 6.11. The predicted octanol–water partition coefficient (Wildman–Crippen LogP) is 2.38. The normalized spacial score (nSPS) is 16.3. The van der Waals surface area contributed by atoms with E-state index in [1.54, 1.807) is 31.2 Å². The standard InChI is InChI=1S/C19H16N2O5/c1-2-24-19(23)15-13(12-8-5-9-25-12)14-16(26-17(15)20)10-6-3-4-7-11(10)21-18(14)22/h3-9,13H,2,20H2,1H3,(H,21,22)/t13-/m0/s1. The largest absolute Gasteiger partial charge is 0.468 e. The number of hydrogen-bond acceptors (Lipinski definition) is 6.